The van der Waals surface area contributed by atoms with Crippen LogP contribution in [-0.4, -0.2) is 38.1 Å². The maximum absolute atomic E-state index is 14.6. The maximum Gasteiger partial charge on any atom is 0.294 e. The van der Waals surface area contributed by atoms with E-state index in [9.17, 15) is 32.3 Å². The molecule has 0 spiro atoms. The molecule has 4 aromatic rings. The Bertz CT molecular complexity index is 1530. The number of H-pyrrole nitrogens is 1. The molecule has 12 heteroatoms. The molecule has 0 aliphatic heterocycles. The number of nitrogens with one attached hydrogen (secondary N) is 2. The van der Waals surface area contributed by atoms with Crippen LogP contribution >= 0.6 is 11.6 Å². The third-order valence-corrected chi connectivity index (χ3v) is 6.11. The fourth-order valence-electron chi connectivity index (χ4n) is 4.07. The molecule has 0 saturated carbocycles. The van der Waals surface area contributed by atoms with E-state index in [0.29, 0.717) is 0 Å². The first-order valence-corrected chi connectivity index (χ1v) is 11.5. The molecule has 4 rings (SSSR count). The molecule has 0 aliphatic carbocycles. The minimum atomic E-state index is -3.79. The minimum absolute atomic E-state index is 0.0291. The number of fused-ring (bicyclic) bond motifs is 1. The SMILES string of the molecule is CC(C)c1c(C(=O)N[C@@H](c2ccc(F)cc2)C(F)(F)CO)cn2nc(-c3cccc(Cl)c3F)[nH]c(=O)c12. The van der Waals surface area contributed by atoms with Crippen LogP contribution < -0.4 is 10.9 Å². The fraction of sp³-hybridized carbons (Fsp3) is 0.240. The number of hydrogen-bond acceptors (Lipinski definition) is 4. The molecule has 0 radical (unpaired) electrons. The largest absolute Gasteiger partial charge is 0.390 e. The van der Waals surface area contributed by atoms with Crippen molar-refractivity contribution in [3.63, 3.8) is 0 Å². The van der Waals surface area contributed by atoms with Crippen LogP contribution in [0.1, 0.15) is 47.3 Å². The van der Waals surface area contributed by atoms with Crippen molar-refractivity contribution in [3.05, 3.63) is 92.4 Å². The summed E-state index contributed by atoms with van der Waals surface area (Å²) < 4.78 is 58.3. The first-order chi connectivity index (χ1) is 17.4. The summed E-state index contributed by atoms with van der Waals surface area (Å²) in [5.41, 5.74) is -0.858. The quantitative estimate of drug-likeness (QED) is 0.294. The Labute approximate surface area is 212 Å². The number of alkyl halides is 2. The van der Waals surface area contributed by atoms with Crippen molar-refractivity contribution >= 4 is 23.0 Å². The molecule has 37 heavy (non-hydrogen) atoms. The number of aromatic nitrogens is 3. The molecular weight excluding hydrogens is 516 g/mol. The normalized spacial score (nSPS) is 12.8. The van der Waals surface area contributed by atoms with E-state index in [-0.39, 0.29) is 38.6 Å². The van der Waals surface area contributed by atoms with Crippen molar-refractivity contribution in [2.24, 2.45) is 0 Å². The van der Waals surface area contributed by atoms with Gasteiger partial charge in [-0.1, -0.05) is 43.6 Å². The number of hydrogen-bond donors (Lipinski definition) is 3. The number of amides is 1. The van der Waals surface area contributed by atoms with E-state index < -0.39 is 47.6 Å². The van der Waals surface area contributed by atoms with Crippen LogP contribution in [0.5, 0.6) is 0 Å². The van der Waals surface area contributed by atoms with E-state index in [1.54, 1.807) is 13.8 Å². The van der Waals surface area contributed by atoms with E-state index in [1.165, 1.54) is 24.4 Å². The highest BCUT2D eigenvalue weighted by Crippen LogP contribution is 2.33. The predicted molar refractivity (Wildman–Crippen MR) is 129 cm³/mol. The number of aliphatic hydroxyl groups excluding tert-OH is 1. The maximum atomic E-state index is 14.6. The molecule has 0 aliphatic rings. The molecule has 1 atom stereocenters. The molecule has 194 valence electrons. The van der Waals surface area contributed by atoms with Gasteiger partial charge in [-0.3, -0.25) is 9.59 Å². The van der Waals surface area contributed by atoms with Gasteiger partial charge in [0.1, 0.15) is 24.0 Å². The molecule has 0 bridgehead atoms. The summed E-state index contributed by atoms with van der Waals surface area (Å²) >= 11 is 5.84. The fourth-order valence-corrected chi connectivity index (χ4v) is 4.25. The molecule has 0 saturated heterocycles. The van der Waals surface area contributed by atoms with Crippen LogP contribution in [0.4, 0.5) is 17.6 Å². The zero-order chi connectivity index (χ0) is 27.1. The van der Waals surface area contributed by atoms with Crippen molar-refractivity contribution in [1.82, 2.24) is 19.9 Å². The minimum Gasteiger partial charge on any atom is -0.390 e. The Morgan fingerprint density at radius 3 is 2.49 bits per heavy atom. The molecule has 2 aromatic carbocycles. The Kier molecular flexibility index (Phi) is 7.11. The summed E-state index contributed by atoms with van der Waals surface area (Å²) in [6.45, 7) is 1.80. The standard InChI is InChI=1S/C25H21ClF4N4O3/c1-12(2)18-16(23(36)31-21(25(29,30)11-35)13-6-8-14(27)9-7-13)10-34-20(18)24(37)32-22(33-34)15-4-3-5-17(26)19(15)28/h3-10,12,21,35H,11H2,1-2H3,(H,31,36)(H,32,33,37)/t21-/m0/s1. The molecule has 2 heterocycles. The van der Waals surface area contributed by atoms with Gasteiger partial charge in [-0.25, -0.2) is 22.1 Å². The Balaban J connectivity index is 1.83. The lowest BCUT2D eigenvalue weighted by molar-refractivity contribution is -0.0785. The summed E-state index contributed by atoms with van der Waals surface area (Å²) in [5, 5.41) is 15.5. The van der Waals surface area contributed by atoms with Crippen LogP contribution in [0.3, 0.4) is 0 Å². The predicted octanol–water partition coefficient (Wildman–Crippen LogP) is 4.84. The third-order valence-electron chi connectivity index (χ3n) is 5.82. The lowest BCUT2D eigenvalue weighted by Gasteiger charge is -2.27. The van der Waals surface area contributed by atoms with Crippen molar-refractivity contribution in [1.29, 1.82) is 0 Å². The third kappa shape index (κ3) is 4.96. The summed E-state index contributed by atoms with van der Waals surface area (Å²) in [6.07, 6.45) is 1.18. The highest BCUT2D eigenvalue weighted by molar-refractivity contribution is 6.31. The highest BCUT2D eigenvalue weighted by atomic mass is 35.5. The van der Waals surface area contributed by atoms with E-state index in [0.717, 1.165) is 28.8 Å². The number of halogens is 5. The van der Waals surface area contributed by atoms with Gasteiger partial charge in [0.15, 0.2) is 11.6 Å². The molecular formula is C25H21ClF4N4O3. The second kappa shape index (κ2) is 9.98. The van der Waals surface area contributed by atoms with Crippen molar-refractivity contribution in [2.75, 3.05) is 6.61 Å². The summed E-state index contributed by atoms with van der Waals surface area (Å²) in [5.74, 6) is -6.84. The van der Waals surface area contributed by atoms with Gasteiger partial charge in [0, 0.05) is 11.8 Å². The highest BCUT2D eigenvalue weighted by Gasteiger charge is 2.42. The topological polar surface area (TPSA) is 99.5 Å². The van der Waals surface area contributed by atoms with Crippen LogP contribution in [0.25, 0.3) is 16.9 Å². The first-order valence-electron chi connectivity index (χ1n) is 11.1. The number of rotatable bonds is 7. The second-order valence-electron chi connectivity index (χ2n) is 8.69. The lowest BCUT2D eigenvalue weighted by atomic mass is 9.97. The van der Waals surface area contributed by atoms with Gasteiger partial charge in [-0.05, 0) is 35.7 Å². The Morgan fingerprint density at radius 1 is 1.19 bits per heavy atom. The number of aliphatic hydroxyl groups is 1. The van der Waals surface area contributed by atoms with Crippen molar-refractivity contribution in [3.8, 4) is 11.4 Å². The van der Waals surface area contributed by atoms with Crippen LogP contribution in [-0.2, 0) is 0 Å². The summed E-state index contributed by atoms with van der Waals surface area (Å²) in [6, 6.07) is 6.19. The van der Waals surface area contributed by atoms with Crippen LogP contribution in [0.15, 0.2) is 53.5 Å². The van der Waals surface area contributed by atoms with E-state index in [1.807, 2.05) is 0 Å². The molecule has 7 nitrogen and oxygen atoms in total. The van der Waals surface area contributed by atoms with Crippen LogP contribution in [0, 0.1) is 11.6 Å². The van der Waals surface area contributed by atoms with E-state index in [4.69, 9.17) is 11.6 Å². The smallest absolute Gasteiger partial charge is 0.294 e. The zero-order valence-electron chi connectivity index (χ0n) is 19.5. The molecule has 1 amide bonds. The lowest BCUT2D eigenvalue weighted by Crippen LogP contribution is -2.43. The van der Waals surface area contributed by atoms with Gasteiger partial charge in [0.2, 0.25) is 0 Å². The number of benzene rings is 2. The number of carbonyl (C=O) groups is 1. The average molecular weight is 537 g/mol. The Hall–Kier alpha value is -3.70. The Morgan fingerprint density at radius 2 is 1.86 bits per heavy atom. The zero-order valence-corrected chi connectivity index (χ0v) is 20.3. The average Bonchev–Trinajstić information content (AvgIpc) is 3.25. The van der Waals surface area contributed by atoms with Crippen molar-refractivity contribution < 1.29 is 27.5 Å². The molecule has 0 fully saturated rings. The second-order valence-corrected chi connectivity index (χ2v) is 9.09. The first kappa shape index (κ1) is 26.4. The van der Waals surface area contributed by atoms with Gasteiger partial charge in [0.25, 0.3) is 17.4 Å². The van der Waals surface area contributed by atoms with Gasteiger partial charge in [-0.15, -0.1) is 5.10 Å². The van der Waals surface area contributed by atoms with Crippen LogP contribution in [0.2, 0.25) is 5.02 Å². The van der Waals surface area contributed by atoms with E-state index in [2.05, 4.69) is 15.4 Å². The van der Waals surface area contributed by atoms with E-state index >= 15 is 0 Å². The monoisotopic (exact) mass is 536 g/mol. The molecule has 3 N–H and O–H groups in total. The van der Waals surface area contributed by atoms with Gasteiger partial charge < -0.3 is 15.4 Å². The summed E-state index contributed by atoms with van der Waals surface area (Å²) in [4.78, 5) is 28.8. The number of aromatic amines is 1. The number of carbonyl (C=O) groups excluding carboxylic acids is 1. The molecule has 0 unspecified atom stereocenters. The summed E-state index contributed by atoms with van der Waals surface area (Å²) in [7, 11) is 0. The molecule has 2 aromatic heterocycles. The van der Waals surface area contributed by atoms with Gasteiger partial charge in [-0.2, -0.15) is 0 Å². The van der Waals surface area contributed by atoms with Gasteiger partial charge >= 0.3 is 0 Å². The van der Waals surface area contributed by atoms with Gasteiger partial charge in [0.05, 0.1) is 16.1 Å². The number of nitrogens with zero attached hydrogens (tertiary/aromatic N) is 2. The van der Waals surface area contributed by atoms with Crippen molar-refractivity contribution in [2.45, 2.75) is 31.7 Å².